The molecule has 0 saturated heterocycles. The second-order valence-electron chi connectivity index (χ2n) is 7.36. The standard InChI is InChI=1S/C17H26O4/c1-16(2,3)12-7-11(10-21-14(19)9-18)8-13(15(12)20)17(4,5)6/h7-8,18,20H,9-10H2,1-6H3. The highest BCUT2D eigenvalue weighted by molar-refractivity contribution is 5.70. The summed E-state index contributed by atoms with van der Waals surface area (Å²) in [7, 11) is 0. The summed E-state index contributed by atoms with van der Waals surface area (Å²) in [4.78, 5) is 11.1. The lowest BCUT2D eigenvalue weighted by Gasteiger charge is -2.28. The molecule has 0 aliphatic rings. The molecule has 4 nitrogen and oxygen atoms in total. The quantitative estimate of drug-likeness (QED) is 0.841. The van der Waals surface area contributed by atoms with Crippen molar-refractivity contribution < 1.29 is 19.7 Å². The molecular weight excluding hydrogens is 268 g/mol. The molecule has 0 spiro atoms. The van der Waals surface area contributed by atoms with Crippen LogP contribution in [0.1, 0.15) is 58.2 Å². The predicted molar refractivity (Wildman–Crippen MR) is 82.4 cm³/mol. The zero-order valence-electron chi connectivity index (χ0n) is 13.8. The number of hydrogen-bond acceptors (Lipinski definition) is 4. The zero-order valence-corrected chi connectivity index (χ0v) is 13.8. The van der Waals surface area contributed by atoms with Crippen molar-refractivity contribution in [2.24, 2.45) is 0 Å². The van der Waals surface area contributed by atoms with Crippen LogP contribution in [-0.2, 0) is 27.0 Å². The molecule has 1 aromatic carbocycles. The topological polar surface area (TPSA) is 66.8 Å². The van der Waals surface area contributed by atoms with Gasteiger partial charge in [-0.2, -0.15) is 0 Å². The van der Waals surface area contributed by atoms with Crippen LogP contribution in [0.15, 0.2) is 12.1 Å². The molecule has 4 heteroatoms. The van der Waals surface area contributed by atoms with Gasteiger partial charge in [-0.15, -0.1) is 0 Å². The van der Waals surface area contributed by atoms with Crippen LogP contribution < -0.4 is 0 Å². The van der Waals surface area contributed by atoms with Gasteiger partial charge >= 0.3 is 5.97 Å². The first-order chi connectivity index (χ1) is 9.46. The fourth-order valence-corrected chi connectivity index (χ4v) is 2.13. The van der Waals surface area contributed by atoms with E-state index >= 15 is 0 Å². The lowest BCUT2D eigenvalue weighted by molar-refractivity contribution is -0.148. The number of phenolic OH excluding ortho intramolecular Hbond substituents is 1. The summed E-state index contributed by atoms with van der Waals surface area (Å²) >= 11 is 0. The second kappa shape index (κ2) is 6.06. The molecule has 0 aromatic heterocycles. The first-order valence-electron chi connectivity index (χ1n) is 7.10. The molecule has 21 heavy (non-hydrogen) atoms. The molecule has 2 N–H and O–H groups in total. The molecule has 0 atom stereocenters. The van der Waals surface area contributed by atoms with E-state index in [2.05, 4.69) is 0 Å². The molecule has 0 unspecified atom stereocenters. The van der Waals surface area contributed by atoms with Crippen molar-refractivity contribution in [3.63, 3.8) is 0 Å². The molecular formula is C17H26O4. The summed E-state index contributed by atoms with van der Waals surface area (Å²) < 4.78 is 4.98. The summed E-state index contributed by atoms with van der Waals surface area (Å²) in [5.74, 6) is -0.357. The minimum Gasteiger partial charge on any atom is -0.507 e. The van der Waals surface area contributed by atoms with E-state index in [4.69, 9.17) is 9.84 Å². The number of esters is 1. The maximum absolute atomic E-state index is 11.1. The van der Waals surface area contributed by atoms with Crippen molar-refractivity contribution in [2.75, 3.05) is 6.61 Å². The average molecular weight is 294 g/mol. The Kier molecular flexibility index (Phi) is 5.05. The van der Waals surface area contributed by atoms with E-state index in [0.29, 0.717) is 5.75 Å². The van der Waals surface area contributed by atoms with E-state index < -0.39 is 12.6 Å². The fourth-order valence-electron chi connectivity index (χ4n) is 2.13. The largest absolute Gasteiger partial charge is 0.507 e. The van der Waals surface area contributed by atoms with Crippen molar-refractivity contribution in [3.8, 4) is 5.75 Å². The number of ether oxygens (including phenoxy) is 1. The van der Waals surface area contributed by atoms with Crippen LogP contribution in [0, 0.1) is 0 Å². The highest BCUT2D eigenvalue weighted by Crippen LogP contribution is 2.39. The smallest absolute Gasteiger partial charge is 0.332 e. The van der Waals surface area contributed by atoms with Gasteiger partial charge in [0.05, 0.1) is 0 Å². The number of rotatable bonds is 3. The Morgan fingerprint density at radius 2 is 1.48 bits per heavy atom. The third kappa shape index (κ3) is 4.46. The maximum atomic E-state index is 11.1. The lowest BCUT2D eigenvalue weighted by atomic mass is 9.78. The van der Waals surface area contributed by atoms with Crippen LogP contribution in [0.2, 0.25) is 0 Å². The van der Waals surface area contributed by atoms with Crippen LogP contribution in [-0.4, -0.2) is 22.8 Å². The van der Waals surface area contributed by atoms with E-state index in [-0.39, 0.29) is 17.4 Å². The van der Waals surface area contributed by atoms with Crippen molar-refractivity contribution >= 4 is 5.97 Å². The summed E-state index contributed by atoms with van der Waals surface area (Å²) in [5.41, 5.74) is 2.02. The predicted octanol–water partition coefficient (Wildman–Crippen LogP) is 3.02. The van der Waals surface area contributed by atoms with Gasteiger partial charge in [0.25, 0.3) is 0 Å². The Labute approximate surface area is 126 Å². The SMILES string of the molecule is CC(C)(C)c1cc(COC(=O)CO)cc(C(C)(C)C)c1O. The van der Waals surface area contributed by atoms with E-state index in [1.54, 1.807) is 0 Å². The number of benzene rings is 1. The Morgan fingerprint density at radius 3 is 1.81 bits per heavy atom. The van der Waals surface area contributed by atoms with Gasteiger partial charge in [-0.25, -0.2) is 4.79 Å². The van der Waals surface area contributed by atoms with Gasteiger partial charge < -0.3 is 14.9 Å². The van der Waals surface area contributed by atoms with Crippen LogP contribution in [0.4, 0.5) is 0 Å². The lowest BCUT2D eigenvalue weighted by Crippen LogP contribution is -2.18. The number of aliphatic hydroxyl groups is 1. The number of phenols is 1. The highest BCUT2D eigenvalue weighted by atomic mass is 16.5. The van der Waals surface area contributed by atoms with Gasteiger partial charge in [-0.3, -0.25) is 0 Å². The van der Waals surface area contributed by atoms with Crippen molar-refractivity contribution in [1.82, 2.24) is 0 Å². The van der Waals surface area contributed by atoms with Gasteiger partial charge in [0.15, 0.2) is 0 Å². The van der Waals surface area contributed by atoms with E-state index in [9.17, 15) is 9.90 Å². The second-order valence-corrected chi connectivity index (χ2v) is 7.36. The molecule has 118 valence electrons. The number of carbonyl (C=O) groups is 1. The van der Waals surface area contributed by atoms with Crippen molar-refractivity contribution in [1.29, 1.82) is 0 Å². The van der Waals surface area contributed by atoms with Gasteiger partial charge in [-0.1, -0.05) is 41.5 Å². The molecule has 0 fully saturated rings. The first-order valence-corrected chi connectivity index (χ1v) is 7.10. The van der Waals surface area contributed by atoms with Crippen molar-refractivity contribution in [3.05, 3.63) is 28.8 Å². The zero-order chi connectivity index (χ0) is 16.4. The van der Waals surface area contributed by atoms with Crippen LogP contribution in [0.5, 0.6) is 5.75 Å². The number of aliphatic hydroxyl groups excluding tert-OH is 1. The Hall–Kier alpha value is -1.55. The number of hydrogen-bond donors (Lipinski definition) is 2. The third-order valence-electron chi connectivity index (χ3n) is 3.31. The van der Waals surface area contributed by atoms with Crippen LogP contribution in [0.25, 0.3) is 0 Å². The summed E-state index contributed by atoms with van der Waals surface area (Å²) in [6, 6.07) is 3.71. The Bertz CT molecular complexity index is 484. The monoisotopic (exact) mass is 294 g/mol. The summed E-state index contributed by atoms with van der Waals surface area (Å²) in [6.45, 7) is 11.6. The normalized spacial score (nSPS) is 12.3. The third-order valence-corrected chi connectivity index (χ3v) is 3.31. The van der Waals surface area contributed by atoms with E-state index in [1.807, 2.05) is 53.7 Å². The van der Waals surface area contributed by atoms with Gasteiger partial charge in [0, 0.05) is 0 Å². The molecule has 0 amide bonds. The molecule has 0 radical (unpaired) electrons. The molecule has 0 aliphatic carbocycles. The fraction of sp³-hybridized carbons (Fsp3) is 0.588. The maximum Gasteiger partial charge on any atom is 0.332 e. The number of aromatic hydroxyl groups is 1. The minimum absolute atomic E-state index is 0.0891. The molecule has 1 aromatic rings. The van der Waals surface area contributed by atoms with E-state index in [1.165, 1.54) is 0 Å². The average Bonchev–Trinajstić information content (AvgIpc) is 2.34. The van der Waals surface area contributed by atoms with Crippen molar-refractivity contribution in [2.45, 2.75) is 59.0 Å². The molecule has 0 bridgehead atoms. The summed E-state index contributed by atoms with van der Waals surface area (Å²) in [6.07, 6.45) is 0. The van der Waals surface area contributed by atoms with Gasteiger partial charge in [0.1, 0.15) is 19.0 Å². The first kappa shape index (κ1) is 17.5. The van der Waals surface area contributed by atoms with Crippen LogP contribution in [0.3, 0.4) is 0 Å². The Morgan fingerprint density at radius 1 is 1.05 bits per heavy atom. The number of carbonyl (C=O) groups excluding carboxylic acids is 1. The summed E-state index contributed by atoms with van der Waals surface area (Å²) in [5, 5.41) is 19.3. The van der Waals surface area contributed by atoms with Gasteiger partial charge in [0.2, 0.25) is 0 Å². The molecule has 0 heterocycles. The molecule has 0 aliphatic heterocycles. The minimum atomic E-state index is -0.655. The van der Waals surface area contributed by atoms with E-state index in [0.717, 1.165) is 16.7 Å². The highest BCUT2D eigenvalue weighted by Gasteiger charge is 2.26. The van der Waals surface area contributed by atoms with Crippen LogP contribution >= 0.6 is 0 Å². The molecule has 0 saturated carbocycles. The Balaban J connectivity index is 3.31. The van der Waals surface area contributed by atoms with Gasteiger partial charge in [-0.05, 0) is 39.7 Å². The molecule has 1 rings (SSSR count).